The average Bonchev–Trinajstić information content (AvgIpc) is 3.09. The highest BCUT2D eigenvalue weighted by atomic mass is 16.2. The van der Waals surface area contributed by atoms with Gasteiger partial charge in [0.05, 0.1) is 28.7 Å². The maximum atomic E-state index is 12.4. The van der Waals surface area contributed by atoms with Crippen LogP contribution in [0.25, 0.3) is 5.69 Å². The van der Waals surface area contributed by atoms with Gasteiger partial charge < -0.3 is 5.32 Å². The van der Waals surface area contributed by atoms with E-state index >= 15 is 0 Å². The lowest BCUT2D eigenvalue weighted by molar-refractivity contribution is 0.0955. The molecule has 114 valence electrons. The highest BCUT2D eigenvalue weighted by molar-refractivity contribution is 6.00. The topological polar surface area (TPSA) is 46.9 Å². The van der Waals surface area contributed by atoms with Crippen LogP contribution < -0.4 is 5.32 Å². The molecule has 2 heterocycles. The van der Waals surface area contributed by atoms with Gasteiger partial charge in [0.1, 0.15) is 0 Å². The standard InChI is InChI=1S/C19H17N3O/c1-13-17-18(22(21-13)15-10-6-3-7-11-15)16(20-19(17)23)12-14-8-4-2-5-9-14/h2-11,16H,12H2,1H3,(H,20,23). The van der Waals surface area contributed by atoms with Crippen LogP contribution in [0.3, 0.4) is 0 Å². The van der Waals surface area contributed by atoms with E-state index in [0.29, 0.717) is 0 Å². The zero-order valence-electron chi connectivity index (χ0n) is 12.9. The van der Waals surface area contributed by atoms with Crippen molar-refractivity contribution in [3.8, 4) is 5.69 Å². The maximum Gasteiger partial charge on any atom is 0.255 e. The van der Waals surface area contributed by atoms with Crippen LogP contribution in [-0.2, 0) is 6.42 Å². The Balaban J connectivity index is 1.80. The van der Waals surface area contributed by atoms with Crippen molar-refractivity contribution < 1.29 is 4.79 Å². The van der Waals surface area contributed by atoms with E-state index in [0.717, 1.165) is 29.1 Å². The zero-order chi connectivity index (χ0) is 15.8. The molecule has 1 N–H and O–H groups in total. The predicted octanol–water partition coefficient (Wildman–Crippen LogP) is 3.21. The smallest absolute Gasteiger partial charge is 0.255 e. The number of amides is 1. The molecule has 4 nitrogen and oxygen atoms in total. The third-order valence-corrected chi connectivity index (χ3v) is 4.24. The minimum absolute atomic E-state index is 0.0272. The van der Waals surface area contributed by atoms with Crippen LogP contribution in [0.5, 0.6) is 0 Å². The van der Waals surface area contributed by atoms with Crippen molar-refractivity contribution in [2.24, 2.45) is 0 Å². The highest BCUT2D eigenvalue weighted by Crippen LogP contribution is 2.32. The number of aryl methyl sites for hydroxylation is 1. The molecule has 0 saturated heterocycles. The second-order valence-corrected chi connectivity index (χ2v) is 5.81. The molecule has 1 amide bonds. The van der Waals surface area contributed by atoms with E-state index in [9.17, 15) is 4.79 Å². The summed E-state index contributed by atoms with van der Waals surface area (Å²) in [5.74, 6) is -0.0272. The number of fused-ring (bicyclic) bond motifs is 1. The lowest BCUT2D eigenvalue weighted by Crippen LogP contribution is -2.23. The molecule has 0 saturated carbocycles. The average molecular weight is 303 g/mol. The molecule has 0 spiro atoms. The molecule has 3 aromatic rings. The van der Waals surface area contributed by atoms with Gasteiger partial charge in [0.25, 0.3) is 5.91 Å². The van der Waals surface area contributed by atoms with E-state index in [2.05, 4.69) is 22.5 Å². The van der Waals surface area contributed by atoms with Crippen molar-refractivity contribution >= 4 is 5.91 Å². The molecule has 4 heteroatoms. The first kappa shape index (κ1) is 13.8. The molecule has 4 rings (SSSR count). The lowest BCUT2D eigenvalue weighted by atomic mass is 10.0. The first-order valence-electron chi connectivity index (χ1n) is 7.74. The molecule has 2 aromatic carbocycles. The van der Waals surface area contributed by atoms with Gasteiger partial charge >= 0.3 is 0 Å². The molecule has 1 aliphatic rings. The van der Waals surface area contributed by atoms with E-state index < -0.39 is 0 Å². The van der Waals surface area contributed by atoms with Crippen molar-refractivity contribution in [3.05, 3.63) is 83.2 Å². The van der Waals surface area contributed by atoms with Gasteiger partial charge in [-0.15, -0.1) is 0 Å². The number of hydrogen-bond acceptors (Lipinski definition) is 2. The Hall–Kier alpha value is -2.88. The molecule has 0 bridgehead atoms. The second-order valence-electron chi connectivity index (χ2n) is 5.81. The number of benzene rings is 2. The Morgan fingerprint density at radius 2 is 1.70 bits per heavy atom. The predicted molar refractivity (Wildman–Crippen MR) is 88.7 cm³/mol. The molecule has 0 radical (unpaired) electrons. The molecule has 0 fully saturated rings. The summed E-state index contributed by atoms with van der Waals surface area (Å²) in [6.45, 7) is 1.89. The van der Waals surface area contributed by atoms with Crippen molar-refractivity contribution in [1.29, 1.82) is 0 Å². The Bertz CT molecular complexity index is 853. The van der Waals surface area contributed by atoms with Crippen LogP contribution in [0.1, 0.15) is 33.4 Å². The minimum Gasteiger partial charge on any atom is -0.343 e. The van der Waals surface area contributed by atoms with Crippen molar-refractivity contribution in [2.45, 2.75) is 19.4 Å². The van der Waals surface area contributed by atoms with Gasteiger partial charge in [-0.25, -0.2) is 4.68 Å². The monoisotopic (exact) mass is 303 g/mol. The van der Waals surface area contributed by atoms with E-state index in [-0.39, 0.29) is 11.9 Å². The van der Waals surface area contributed by atoms with Gasteiger partial charge in [-0.2, -0.15) is 5.10 Å². The molecular formula is C19H17N3O. The van der Waals surface area contributed by atoms with E-state index in [4.69, 9.17) is 0 Å². The van der Waals surface area contributed by atoms with E-state index in [1.807, 2.05) is 60.1 Å². The van der Waals surface area contributed by atoms with Gasteiger partial charge in [0.2, 0.25) is 0 Å². The molecule has 1 aliphatic heterocycles. The maximum absolute atomic E-state index is 12.4. The molecule has 1 aromatic heterocycles. The summed E-state index contributed by atoms with van der Waals surface area (Å²) in [7, 11) is 0. The van der Waals surface area contributed by atoms with Gasteiger partial charge in [0.15, 0.2) is 0 Å². The van der Waals surface area contributed by atoms with Gasteiger partial charge in [-0.3, -0.25) is 4.79 Å². The quantitative estimate of drug-likeness (QED) is 0.807. The highest BCUT2D eigenvalue weighted by Gasteiger charge is 2.35. The van der Waals surface area contributed by atoms with Crippen molar-refractivity contribution in [3.63, 3.8) is 0 Å². The Morgan fingerprint density at radius 1 is 1.04 bits per heavy atom. The van der Waals surface area contributed by atoms with Crippen LogP contribution >= 0.6 is 0 Å². The Kier molecular flexibility index (Phi) is 3.23. The molecule has 1 unspecified atom stereocenters. The first-order valence-corrected chi connectivity index (χ1v) is 7.74. The van der Waals surface area contributed by atoms with Crippen molar-refractivity contribution in [1.82, 2.24) is 15.1 Å². The summed E-state index contributed by atoms with van der Waals surface area (Å²) in [6.07, 6.45) is 0.761. The summed E-state index contributed by atoms with van der Waals surface area (Å²) >= 11 is 0. The number of nitrogens with one attached hydrogen (secondary N) is 1. The number of aromatic nitrogens is 2. The summed E-state index contributed by atoms with van der Waals surface area (Å²) in [5.41, 5.74) is 4.63. The van der Waals surface area contributed by atoms with Crippen LogP contribution in [-0.4, -0.2) is 15.7 Å². The lowest BCUT2D eigenvalue weighted by Gasteiger charge is -2.14. The fraction of sp³-hybridized carbons (Fsp3) is 0.158. The van der Waals surface area contributed by atoms with E-state index in [1.54, 1.807) is 0 Å². The largest absolute Gasteiger partial charge is 0.343 e. The molecule has 0 aliphatic carbocycles. The number of para-hydroxylation sites is 1. The molecule has 1 atom stereocenters. The minimum atomic E-state index is -0.0543. The van der Waals surface area contributed by atoms with Crippen LogP contribution in [0.4, 0.5) is 0 Å². The summed E-state index contributed by atoms with van der Waals surface area (Å²) in [4.78, 5) is 12.4. The third kappa shape index (κ3) is 2.32. The zero-order valence-corrected chi connectivity index (χ0v) is 12.9. The Morgan fingerprint density at radius 3 is 2.39 bits per heavy atom. The van der Waals surface area contributed by atoms with Gasteiger partial charge in [-0.1, -0.05) is 48.5 Å². The fourth-order valence-electron chi connectivity index (χ4n) is 3.21. The number of carbonyl (C=O) groups is 1. The summed E-state index contributed by atoms with van der Waals surface area (Å²) < 4.78 is 1.90. The SMILES string of the molecule is Cc1nn(-c2ccccc2)c2c1C(=O)NC2Cc1ccccc1. The first-order chi connectivity index (χ1) is 11.2. The van der Waals surface area contributed by atoms with Crippen molar-refractivity contribution in [2.75, 3.05) is 0 Å². The van der Waals surface area contributed by atoms with Crippen LogP contribution in [0.2, 0.25) is 0 Å². The van der Waals surface area contributed by atoms with Gasteiger partial charge in [-0.05, 0) is 31.0 Å². The molecule has 23 heavy (non-hydrogen) atoms. The third-order valence-electron chi connectivity index (χ3n) is 4.24. The van der Waals surface area contributed by atoms with Crippen LogP contribution in [0.15, 0.2) is 60.7 Å². The normalized spacial score (nSPS) is 16.2. The van der Waals surface area contributed by atoms with E-state index in [1.165, 1.54) is 5.56 Å². The fourth-order valence-corrected chi connectivity index (χ4v) is 3.21. The summed E-state index contributed by atoms with van der Waals surface area (Å²) in [5, 5.41) is 7.70. The van der Waals surface area contributed by atoms with Crippen LogP contribution in [0, 0.1) is 6.92 Å². The van der Waals surface area contributed by atoms with Gasteiger partial charge in [0, 0.05) is 0 Å². The number of rotatable bonds is 3. The summed E-state index contributed by atoms with van der Waals surface area (Å²) in [6, 6.07) is 20.1. The number of carbonyl (C=O) groups excluding carboxylic acids is 1. The Labute approximate surface area is 134 Å². The number of hydrogen-bond donors (Lipinski definition) is 1. The number of nitrogens with zero attached hydrogens (tertiary/aromatic N) is 2. The second kappa shape index (κ2) is 5.39. The molecular weight excluding hydrogens is 286 g/mol.